The van der Waals surface area contributed by atoms with Crippen LogP contribution in [0.25, 0.3) is 0 Å². The van der Waals surface area contributed by atoms with Gasteiger partial charge in [-0.25, -0.2) is 4.79 Å². The molecule has 1 aliphatic carbocycles. The molecule has 1 aromatic rings. The Morgan fingerprint density at radius 3 is 2.48 bits per heavy atom. The van der Waals surface area contributed by atoms with E-state index in [2.05, 4.69) is 17.0 Å². The van der Waals surface area contributed by atoms with Crippen LogP contribution in [0.5, 0.6) is 5.75 Å². The van der Waals surface area contributed by atoms with E-state index >= 15 is 0 Å². The number of methoxy groups -OCH3 is 1. The van der Waals surface area contributed by atoms with Gasteiger partial charge in [-0.15, -0.1) is 0 Å². The zero-order valence-corrected chi connectivity index (χ0v) is 26.2. The number of hydrogen-bond donors (Lipinski definition) is 0. The summed E-state index contributed by atoms with van der Waals surface area (Å²) in [6.07, 6.45) is 3.18. The summed E-state index contributed by atoms with van der Waals surface area (Å²) in [4.78, 5) is 44.9. The largest absolute Gasteiger partial charge is 0.476 e. The van der Waals surface area contributed by atoms with Gasteiger partial charge < -0.3 is 33.6 Å². The van der Waals surface area contributed by atoms with Crippen molar-refractivity contribution in [3.8, 4) is 5.75 Å². The second-order valence-corrected chi connectivity index (χ2v) is 13.9. The summed E-state index contributed by atoms with van der Waals surface area (Å²) in [6, 6.07) is 6.47. The topological polar surface area (TPSA) is 101 Å². The van der Waals surface area contributed by atoms with Gasteiger partial charge in [0.25, 0.3) is 5.91 Å². The van der Waals surface area contributed by atoms with E-state index in [0.29, 0.717) is 57.6 Å². The molecule has 42 heavy (non-hydrogen) atoms. The van der Waals surface area contributed by atoms with Crippen LogP contribution < -0.4 is 14.5 Å². The molecule has 10 nitrogen and oxygen atoms in total. The fourth-order valence-electron chi connectivity index (χ4n) is 6.23. The Labute approximate surface area is 249 Å². The summed E-state index contributed by atoms with van der Waals surface area (Å²) in [5, 5.41) is 0. The van der Waals surface area contributed by atoms with Gasteiger partial charge in [0.05, 0.1) is 12.3 Å². The Hall–Kier alpha value is -2.85. The molecule has 1 aromatic carbocycles. The summed E-state index contributed by atoms with van der Waals surface area (Å²) < 4.78 is 23.3. The van der Waals surface area contributed by atoms with Crippen molar-refractivity contribution in [2.45, 2.75) is 90.1 Å². The van der Waals surface area contributed by atoms with E-state index in [1.165, 1.54) is 0 Å². The highest BCUT2D eigenvalue weighted by Crippen LogP contribution is 2.47. The molecule has 1 unspecified atom stereocenters. The molecule has 2 amide bonds. The van der Waals surface area contributed by atoms with E-state index in [-0.39, 0.29) is 29.6 Å². The second kappa shape index (κ2) is 11.3. The lowest BCUT2D eigenvalue weighted by atomic mass is 9.79. The van der Waals surface area contributed by atoms with Crippen molar-refractivity contribution in [3.63, 3.8) is 0 Å². The Morgan fingerprint density at radius 1 is 1.17 bits per heavy atom. The van der Waals surface area contributed by atoms with Crippen molar-refractivity contribution in [1.82, 2.24) is 4.90 Å². The number of nitrogens with zero attached hydrogens (tertiary/aromatic N) is 3. The third kappa shape index (κ3) is 6.54. The van der Waals surface area contributed by atoms with Gasteiger partial charge in [0.1, 0.15) is 22.7 Å². The van der Waals surface area contributed by atoms with E-state index in [9.17, 15) is 14.4 Å². The molecule has 4 aliphatic rings. The summed E-state index contributed by atoms with van der Waals surface area (Å²) in [5.74, 6) is 0.464. The number of Topliss-reactive ketones (excluding diaryl/α,β-unsaturated/α-hetero) is 1. The number of epoxide rings is 1. The van der Waals surface area contributed by atoms with Crippen molar-refractivity contribution in [2.75, 3.05) is 56.3 Å². The number of ether oxygens (including phenoxy) is 4. The van der Waals surface area contributed by atoms with Crippen LogP contribution in [0.15, 0.2) is 18.2 Å². The lowest BCUT2D eigenvalue weighted by Gasteiger charge is -2.42. The molecule has 0 bridgehead atoms. The zero-order valence-electron chi connectivity index (χ0n) is 26.2. The number of carbonyl (C=O) groups is 3. The third-order valence-corrected chi connectivity index (χ3v) is 8.78. The maximum absolute atomic E-state index is 13.4. The summed E-state index contributed by atoms with van der Waals surface area (Å²) in [5.41, 5.74) is -0.232. The maximum atomic E-state index is 13.4. The van der Waals surface area contributed by atoms with Crippen LogP contribution in [0, 0.1) is 11.8 Å². The van der Waals surface area contributed by atoms with Gasteiger partial charge in [0.2, 0.25) is 0 Å². The van der Waals surface area contributed by atoms with Crippen molar-refractivity contribution >= 4 is 29.2 Å². The summed E-state index contributed by atoms with van der Waals surface area (Å²) in [6.45, 7) is 14.0. The van der Waals surface area contributed by atoms with Gasteiger partial charge in [-0.1, -0.05) is 0 Å². The fraction of sp³-hybridized carbons (Fsp3) is 0.719. The lowest BCUT2D eigenvalue weighted by Crippen LogP contribution is -2.53. The van der Waals surface area contributed by atoms with Crippen LogP contribution in [0.3, 0.4) is 0 Å². The molecule has 232 valence electrons. The van der Waals surface area contributed by atoms with Crippen LogP contribution in [0.2, 0.25) is 0 Å². The van der Waals surface area contributed by atoms with Crippen LogP contribution in [0.1, 0.15) is 67.2 Å². The fourth-order valence-corrected chi connectivity index (χ4v) is 6.23. The van der Waals surface area contributed by atoms with Crippen LogP contribution in [-0.2, 0) is 23.8 Å². The highest BCUT2D eigenvalue weighted by Gasteiger charge is 2.56. The SMILES string of the molecule is COCCCN1C(=O)C(C)(C)Oc2ccc(N(CC3([C@@H]4C[C@H](C(C)=O)CN(C(=O)OC(C)(C)C)C4)CO3)C3CC3)cc21. The Balaban J connectivity index is 1.39. The van der Waals surface area contributed by atoms with Crippen molar-refractivity contribution in [2.24, 2.45) is 11.8 Å². The summed E-state index contributed by atoms with van der Waals surface area (Å²) in [7, 11) is 1.66. The van der Waals surface area contributed by atoms with Crippen molar-refractivity contribution in [1.29, 1.82) is 0 Å². The molecule has 2 saturated heterocycles. The second-order valence-electron chi connectivity index (χ2n) is 13.9. The van der Waals surface area contributed by atoms with E-state index < -0.39 is 16.8 Å². The smallest absolute Gasteiger partial charge is 0.410 e. The van der Waals surface area contributed by atoms with Crippen LogP contribution in [-0.4, -0.2) is 92.0 Å². The van der Waals surface area contributed by atoms with Crippen molar-refractivity contribution in [3.05, 3.63) is 18.2 Å². The molecule has 0 radical (unpaired) electrons. The molecule has 10 heteroatoms. The number of likely N-dealkylation sites (tertiary alicyclic amines) is 1. The first-order valence-corrected chi connectivity index (χ1v) is 15.3. The molecule has 3 fully saturated rings. The first kappa shape index (κ1) is 30.6. The van der Waals surface area contributed by atoms with Gasteiger partial charge in [-0.2, -0.15) is 0 Å². The average Bonchev–Trinajstić information content (AvgIpc) is 3.84. The Bertz CT molecular complexity index is 1200. The molecular formula is C32H47N3O7. The number of rotatable bonds is 10. The molecule has 3 heterocycles. The number of piperidine rings is 1. The van der Waals surface area contributed by atoms with Gasteiger partial charge in [0.15, 0.2) is 5.60 Å². The Kier molecular flexibility index (Phi) is 8.26. The zero-order chi connectivity index (χ0) is 30.4. The molecule has 0 spiro atoms. The number of anilines is 2. The third-order valence-electron chi connectivity index (χ3n) is 8.78. The molecule has 3 atom stereocenters. The standard InChI is InChI=1S/C32H47N3O7/c1-21(36)22-15-23(18-33(17-22)29(38)42-30(2,3)4)32(20-40-32)19-35(24-9-10-24)25-11-12-27-26(16-25)34(13-8-14-39-7)28(37)31(5,6)41-27/h11-12,16,22-24H,8-10,13-15,17-20H2,1-7H3/t22-,23+,32?/m0/s1. The molecule has 0 N–H and O–H groups in total. The minimum Gasteiger partial charge on any atom is -0.476 e. The lowest BCUT2D eigenvalue weighted by molar-refractivity contribution is -0.132. The van der Waals surface area contributed by atoms with Gasteiger partial charge in [0, 0.05) is 63.5 Å². The van der Waals surface area contributed by atoms with E-state index in [4.69, 9.17) is 18.9 Å². The van der Waals surface area contributed by atoms with Crippen LogP contribution in [0.4, 0.5) is 16.2 Å². The molecule has 1 saturated carbocycles. The normalized spacial score (nSPS) is 26.8. The van der Waals surface area contributed by atoms with E-state index in [1.54, 1.807) is 32.8 Å². The highest BCUT2D eigenvalue weighted by molar-refractivity contribution is 6.02. The molecule has 3 aliphatic heterocycles. The number of amides is 2. The van der Waals surface area contributed by atoms with Gasteiger partial charge in [-0.05, 0) is 85.4 Å². The number of fused-ring (bicyclic) bond motifs is 1. The predicted molar refractivity (Wildman–Crippen MR) is 159 cm³/mol. The van der Waals surface area contributed by atoms with Crippen molar-refractivity contribution < 1.29 is 33.3 Å². The predicted octanol–water partition coefficient (Wildman–Crippen LogP) is 4.43. The molecule has 0 aromatic heterocycles. The monoisotopic (exact) mass is 585 g/mol. The minimum atomic E-state index is -0.947. The first-order chi connectivity index (χ1) is 19.7. The number of benzene rings is 1. The van der Waals surface area contributed by atoms with E-state index in [0.717, 1.165) is 30.6 Å². The molecule has 5 rings (SSSR count). The number of ketones is 1. The number of carbonyl (C=O) groups excluding carboxylic acids is 3. The quantitative estimate of drug-likeness (QED) is 0.294. The first-order valence-electron chi connectivity index (χ1n) is 15.3. The number of hydrogen-bond acceptors (Lipinski definition) is 8. The highest BCUT2D eigenvalue weighted by atomic mass is 16.6. The van der Waals surface area contributed by atoms with Gasteiger partial charge >= 0.3 is 6.09 Å². The minimum absolute atomic E-state index is 0.00259. The molecular weight excluding hydrogens is 538 g/mol. The van der Waals surface area contributed by atoms with Gasteiger partial charge in [-0.3, -0.25) is 9.59 Å². The Morgan fingerprint density at radius 2 is 1.88 bits per heavy atom. The summed E-state index contributed by atoms with van der Waals surface area (Å²) >= 11 is 0. The average molecular weight is 586 g/mol. The van der Waals surface area contributed by atoms with Crippen LogP contribution >= 0.6 is 0 Å². The van der Waals surface area contributed by atoms with E-state index in [1.807, 2.05) is 31.7 Å². The maximum Gasteiger partial charge on any atom is 0.410 e.